The second kappa shape index (κ2) is 10.5. The fourth-order valence-corrected chi connectivity index (χ4v) is 1.30. The molecular formula is C13H21NO4. The first-order chi connectivity index (χ1) is 8.60. The molecule has 0 saturated heterocycles. The van der Waals surface area contributed by atoms with Gasteiger partial charge in [0, 0.05) is 12.5 Å². The van der Waals surface area contributed by atoms with Crippen molar-refractivity contribution in [3.63, 3.8) is 0 Å². The van der Waals surface area contributed by atoms with Crippen molar-refractivity contribution in [3.05, 3.63) is 12.7 Å². The minimum Gasteiger partial charge on any atom is -0.461 e. The molecule has 0 saturated carbocycles. The van der Waals surface area contributed by atoms with E-state index in [0.717, 1.165) is 25.3 Å². The zero-order chi connectivity index (χ0) is 13.8. The molecule has 0 aliphatic carbocycles. The van der Waals surface area contributed by atoms with E-state index in [1.807, 2.05) is 0 Å². The van der Waals surface area contributed by atoms with Crippen LogP contribution in [0.5, 0.6) is 0 Å². The lowest BCUT2D eigenvalue weighted by Crippen LogP contribution is -2.29. The molecule has 0 rings (SSSR count). The van der Waals surface area contributed by atoms with Gasteiger partial charge in [0.15, 0.2) is 0 Å². The Morgan fingerprint density at radius 3 is 2.61 bits per heavy atom. The van der Waals surface area contributed by atoms with Crippen LogP contribution < -0.4 is 5.32 Å². The van der Waals surface area contributed by atoms with E-state index in [-0.39, 0.29) is 31.3 Å². The van der Waals surface area contributed by atoms with Gasteiger partial charge in [0.25, 0.3) is 0 Å². The van der Waals surface area contributed by atoms with E-state index in [1.165, 1.54) is 0 Å². The molecular weight excluding hydrogens is 234 g/mol. The Kier molecular flexibility index (Phi) is 9.54. The first kappa shape index (κ1) is 16.4. The lowest BCUT2D eigenvalue weighted by molar-refractivity contribution is -0.138. The van der Waals surface area contributed by atoms with Gasteiger partial charge in [-0.15, -0.1) is 0 Å². The number of hydrogen-bond donors (Lipinski definition) is 1. The van der Waals surface area contributed by atoms with Gasteiger partial charge in [0.05, 0.1) is 13.0 Å². The number of amides is 1. The van der Waals surface area contributed by atoms with Gasteiger partial charge in [0.1, 0.15) is 12.4 Å². The molecule has 1 amide bonds. The monoisotopic (exact) mass is 255 g/mol. The Bertz CT molecular complexity index is 299. The summed E-state index contributed by atoms with van der Waals surface area (Å²) in [5, 5.41) is 2.51. The van der Waals surface area contributed by atoms with Crippen molar-refractivity contribution >= 4 is 17.7 Å². The van der Waals surface area contributed by atoms with Crippen LogP contribution in [0.4, 0.5) is 0 Å². The number of nitrogens with one attached hydrogen (secondary N) is 1. The Labute approximate surface area is 108 Å². The molecule has 0 spiro atoms. The summed E-state index contributed by atoms with van der Waals surface area (Å²) >= 11 is 0. The predicted molar refractivity (Wildman–Crippen MR) is 67.9 cm³/mol. The summed E-state index contributed by atoms with van der Waals surface area (Å²) in [7, 11) is 0. The minimum atomic E-state index is -0.528. The molecule has 0 bridgehead atoms. The molecule has 102 valence electrons. The molecule has 0 radical (unpaired) electrons. The van der Waals surface area contributed by atoms with Crippen molar-refractivity contribution in [2.75, 3.05) is 13.2 Å². The van der Waals surface area contributed by atoms with E-state index >= 15 is 0 Å². The SMILES string of the molecule is C=CC(=O)OCCNC(=O)CC(=O)CCCCC. The minimum absolute atomic E-state index is 0.0518. The maximum absolute atomic E-state index is 11.4. The van der Waals surface area contributed by atoms with Gasteiger partial charge in [-0.3, -0.25) is 9.59 Å². The van der Waals surface area contributed by atoms with Crippen LogP contribution in [-0.2, 0) is 19.1 Å². The van der Waals surface area contributed by atoms with Crippen LogP contribution in [0.3, 0.4) is 0 Å². The molecule has 0 heterocycles. The molecule has 0 aliphatic rings. The van der Waals surface area contributed by atoms with Gasteiger partial charge in [-0.1, -0.05) is 26.3 Å². The van der Waals surface area contributed by atoms with E-state index in [0.29, 0.717) is 6.42 Å². The molecule has 0 aromatic carbocycles. The van der Waals surface area contributed by atoms with E-state index in [2.05, 4.69) is 23.6 Å². The standard InChI is InChI=1S/C13H21NO4/c1-3-5-6-7-11(15)10-12(16)14-8-9-18-13(17)4-2/h4H,2-3,5-10H2,1H3,(H,14,16). The Balaban J connectivity index is 3.55. The van der Waals surface area contributed by atoms with Crippen molar-refractivity contribution in [2.24, 2.45) is 0 Å². The van der Waals surface area contributed by atoms with Crippen molar-refractivity contribution in [1.82, 2.24) is 5.32 Å². The summed E-state index contributed by atoms with van der Waals surface area (Å²) in [5.74, 6) is -0.907. The van der Waals surface area contributed by atoms with Crippen LogP contribution in [0.2, 0.25) is 0 Å². The molecule has 1 N–H and O–H groups in total. The summed E-state index contributed by atoms with van der Waals surface area (Å²) in [4.78, 5) is 33.3. The van der Waals surface area contributed by atoms with Crippen LogP contribution in [0.1, 0.15) is 39.0 Å². The average molecular weight is 255 g/mol. The van der Waals surface area contributed by atoms with Crippen LogP contribution in [0.15, 0.2) is 12.7 Å². The van der Waals surface area contributed by atoms with Gasteiger partial charge >= 0.3 is 5.97 Å². The molecule has 0 atom stereocenters. The highest BCUT2D eigenvalue weighted by molar-refractivity contribution is 5.97. The largest absolute Gasteiger partial charge is 0.461 e. The first-order valence-corrected chi connectivity index (χ1v) is 6.17. The number of ether oxygens (including phenoxy) is 1. The number of hydrogen-bond acceptors (Lipinski definition) is 4. The lowest BCUT2D eigenvalue weighted by Gasteiger charge is -2.05. The second-order valence-electron chi connectivity index (χ2n) is 3.89. The average Bonchev–Trinajstić information content (AvgIpc) is 2.34. The number of Topliss-reactive ketones (excluding diaryl/α,β-unsaturated/α-hetero) is 1. The normalized spacial score (nSPS) is 9.61. The second-order valence-corrected chi connectivity index (χ2v) is 3.89. The molecule has 18 heavy (non-hydrogen) atoms. The van der Waals surface area contributed by atoms with Gasteiger partial charge in [0.2, 0.25) is 5.91 Å². The number of carbonyl (C=O) groups is 3. The van der Waals surface area contributed by atoms with Crippen LogP contribution >= 0.6 is 0 Å². The van der Waals surface area contributed by atoms with E-state index < -0.39 is 5.97 Å². The van der Waals surface area contributed by atoms with Crippen LogP contribution in [0.25, 0.3) is 0 Å². The molecule has 0 aliphatic heterocycles. The molecule has 0 unspecified atom stereocenters. The van der Waals surface area contributed by atoms with Crippen molar-refractivity contribution in [3.8, 4) is 0 Å². The number of ketones is 1. The number of carbonyl (C=O) groups excluding carboxylic acids is 3. The third-order valence-electron chi connectivity index (χ3n) is 2.25. The summed E-state index contributed by atoms with van der Waals surface area (Å²) in [5.41, 5.74) is 0. The third kappa shape index (κ3) is 9.57. The van der Waals surface area contributed by atoms with Crippen LogP contribution in [0, 0.1) is 0 Å². The smallest absolute Gasteiger partial charge is 0.330 e. The Morgan fingerprint density at radius 1 is 1.28 bits per heavy atom. The highest BCUT2D eigenvalue weighted by Crippen LogP contribution is 2.01. The van der Waals surface area contributed by atoms with E-state index in [1.54, 1.807) is 0 Å². The summed E-state index contributed by atoms with van der Waals surface area (Å²) in [6.07, 6.45) is 4.30. The molecule has 5 nitrogen and oxygen atoms in total. The van der Waals surface area contributed by atoms with Gasteiger partial charge in [-0.2, -0.15) is 0 Å². The predicted octanol–water partition coefficient (Wildman–Crippen LogP) is 1.37. The molecule has 0 aromatic rings. The van der Waals surface area contributed by atoms with Crippen molar-refractivity contribution in [2.45, 2.75) is 39.0 Å². The van der Waals surface area contributed by atoms with E-state index in [9.17, 15) is 14.4 Å². The molecule has 5 heteroatoms. The summed E-state index contributed by atoms with van der Waals surface area (Å²) in [6.45, 7) is 5.59. The number of unbranched alkanes of at least 4 members (excludes halogenated alkanes) is 2. The zero-order valence-corrected chi connectivity index (χ0v) is 10.9. The highest BCUT2D eigenvalue weighted by atomic mass is 16.5. The van der Waals surface area contributed by atoms with E-state index in [4.69, 9.17) is 0 Å². The van der Waals surface area contributed by atoms with Gasteiger partial charge in [-0.25, -0.2) is 4.79 Å². The maximum Gasteiger partial charge on any atom is 0.330 e. The van der Waals surface area contributed by atoms with Crippen molar-refractivity contribution in [1.29, 1.82) is 0 Å². The molecule has 0 fully saturated rings. The lowest BCUT2D eigenvalue weighted by atomic mass is 10.1. The van der Waals surface area contributed by atoms with Crippen LogP contribution in [-0.4, -0.2) is 30.8 Å². The zero-order valence-electron chi connectivity index (χ0n) is 10.9. The van der Waals surface area contributed by atoms with Gasteiger partial charge < -0.3 is 10.1 Å². The molecule has 0 aromatic heterocycles. The first-order valence-electron chi connectivity index (χ1n) is 6.17. The third-order valence-corrected chi connectivity index (χ3v) is 2.25. The quantitative estimate of drug-likeness (QED) is 0.277. The summed E-state index contributed by atoms with van der Waals surface area (Å²) < 4.78 is 4.67. The highest BCUT2D eigenvalue weighted by Gasteiger charge is 2.08. The maximum atomic E-state index is 11.4. The van der Waals surface area contributed by atoms with Crippen molar-refractivity contribution < 1.29 is 19.1 Å². The number of rotatable bonds is 10. The topological polar surface area (TPSA) is 72.5 Å². The Hall–Kier alpha value is -1.65. The fourth-order valence-electron chi connectivity index (χ4n) is 1.30. The Morgan fingerprint density at radius 2 is 2.00 bits per heavy atom. The number of esters is 1. The fraction of sp³-hybridized carbons (Fsp3) is 0.615. The van der Waals surface area contributed by atoms with Gasteiger partial charge in [-0.05, 0) is 6.42 Å². The summed E-state index contributed by atoms with van der Waals surface area (Å²) in [6, 6.07) is 0.